The average molecular weight is 616 g/mol. The number of aromatic nitrogens is 3. The normalized spacial score (nSPS) is 11.8. The van der Waals surface area contributed by atoms with Crippen LogP contribution in [0.1, 0.15) is 0 Å². The third-order valence-corrected chi connectivity index (χ3v) is 9.13. The first kappa shape index (κ1) is 26.6. The molecule has 10 rings (SSSR count). The van der Waals surface area contributed by atoms with Gasteiger partial charge in [-0.1, -0.05) is 121 Å². The summed E-state index contributed by atoms with van der Waals surface area (Å²) in [5, 5.41) is 6.44. The van der Waals surface area contributed by atoms with Crippen molar-refractivity contribution in [2.75, 3.05) is 0 Å². The van der Waals surface area contributed by atoms with E-state index in [9.17, 15) is 0 Å². The molecule has 5 heteroatoms. The van der Waals surface area contributed by atoms with Crippen molar-refractivity contribution >= 4 is 54.6 Å². The molecule has 0 fully saturated rings. The zero-order valence-corrected chi connectivity index (χ0v) is 25.6. The van der Waals surface area contributed by atoms with Crippen LogP contribution < -0.4 is 0 Å². The summed E-state index contributed by atoms with van der Waals surface area (Å²) in [4.78, 5) is 15.0. The molecule has 0 atom stereocenters. The molecule has 0 amide bonds. The molecule has 10 aromatic rings. The molecule has 3 aromatic heterocycles. The lowest BCUT2D eigenvalue weighted by Gasteiger charge is -2.09. The smallest absolute Gasteiger partial charge is 0.167 e. The molecule has 0 N–H and O–H groups in total. The Morgan fingerprint density at radius 2 is 0.896 bits per heavy atom. The molecule has 0 bridgehead atoms. The van der Waals surface area contributed by atoms with Gasteiger partial charge in [-0.25, -0.2) is 15.0 Å². The Morgan fingerprint density at radius 3 is 1.71 bits per heavy atom. The van der Waals surface area contributed by atoms with Crippen LogP contribution in [0.5, 0.6) is 0 Å². The van der Waals surface area contributed by atoms with Gasteiger partial charge in [0.25, 0.3) is 0 Å². The number of para-hydroxylation sites is 2. The highest BCUT2D eigenvalue weighted by Gasteiger charge is 2.19. The van der Waals surface area contributed by atoms with Crippen LogP contribution in [0.4, 0.5) is 0 Å². The quantitative estimate of drug-likeness (QED) is 0.197. The Morgan fingerprint density at radius 1 is 0.312 bits per heavy atom. The van der Waals surface area contributed by atoms with Crippen molar-refractivity contribution < 1.29 is 8.83 Å². The molecule has 0 unspecified atom stereocenters. The fraction of sp³-hybridized carbons (Fsp3) is 0. The SMILES string of the molecule is c1ccc(-c2nc(-c3ccc4c(c3)oc3c5ccccc5c(-c5ccccc5)cc43)nc(-c3cccc4c3oc3ccccc34)n2)cc1. The third kappa shape index (κ3) is 4.15. The minimum absolute atomic E-state index is 0.548. The van der Waals surface area contributed by atoms with E-state index in [0.717, 1.165) is 71.3 Å². The van der Waals surface area contributed by atoms with Crippen molar-refractivity contribution in [3.8, 4) is 45.3 Å². The summed E-state index contributed by atoms with van der Waals surface area (Å²) >= 11 is 0. The first-order valence-corrected chi connectivity index (χ1v) is 15.9. The molecule has 0 aliphatic heterocycles. The second kappa shape index (κ2) is 10.5. The van der Waals surface area contributed by atoms with Crippen molar-refractivity contribution in [2.24, 2.45) is 0 Å². The topological polar surface area (TPSA) is 65.0 Å². The van der Waals surface area contributed by atoms with E-state index in [4.69, 9.17) is 23.8 Å². The van der Waals surface area contributed by atoms with Gasteiger partial charge in [0, 0.05) is 38.1 Å². The molecule has 48 heavy (non-hydrogen) atoms. The molecular formula is C43H25N3O2. The van der Waals surface area contributed by atoms with Crippen molar-refractivity contribution in [1.82, 2.24) is 15.0 Å². The van der Waals surface area contributed by atoms with E-state index in [1.165, 1.54) is 11.1 Å². The summed E-state index contributed by atoms with van der Waals surface area (Å²) in [7, 11) is 0. The molecule has 7 aromatic carbocycles. The Hall–Kier alpha value is -6.59. The Kier molecular flexibility index (Phi) is 5.81. The van der Waals surface area contributed by atoms with Crippen LogP contribution in [0.15, 0.2) is 160 Å². The monoisotopic (exact) mass is 615 g/mol. The summed E-state index contributed by atoms with van der Waals surface area (Å²) in [5.41, 5.74) is 8.15. The van der Waals surface area contributed by atoms with Gasteiger partial charge in [0.2, 0.25) is 0 Å². The third-order valence-electron chi connectivity index (χ3n) is 9.13. The maximum absolute atomic E-state index is 6.65. The fourth-order valence-electron chi connectivity index (χ4n) is 6.86. The van der Waals surface area contributed by atoms with E-state index in [1.807, 2.05) is 72.8 Å². The first-order chi connectivity index (χ1) is 23.8. The van der Waals surface area contributed by atoms with E-state index in [2.05, 4.69) is 78.9 Å². The molecule has 0 radical (unpaired) electrons. The van der Waals surface area contributed by atoms with Crippen molar-refractivity contribution in [3.63, 3.8) is 0 Å². The summed E-state index contributed by atoms with van der Waals surface area (Å²) in [6.07, 6.45) is 0. The maximum atomic E-state index is 6.65. The lowest BCUT2D eigenvalue weighted by atomic mass is 9.95. The summed E-state index contributed by atoms with van der Waals surface area (Å²) < 4.78 is 13.0. The second-order valence-electron chi connectivity index (χ2n) is 12.0. The second-order valence-corrected chi connectivity index (χ2v) is 12.0. The van der Waals surface area contributed by atoms with Gasteiger partial charge >= 0.3 is 0 Å². The number of furan rings is 2. The van der Waals surface area contributed by atoms with E-state index in [0.29, 0.717) is 17.5 Å². The molecule has 0 aliphatic rings. The lowest BCUT2D eigenvalue weighted by molar-refractivity contribution is 0.669. The van der Waals surface area contributed by atoms with Gasteiger partial charge in [-0.3, -0.25) is 0 Å². The predicted molar refractivity (Wildman–Crippen MR) is 194 cm³/mol. The van der Waals surface area contributed by atoms with Gasteiger partial charge in [-0.2, -0.15) is 0 Å². The van der Waals surface area contributed by atoms with E-state index < -0.39 is 0 Å². The van der Waals surface area contributed by atoms with E-state index in [-0.39, 0.29) is 0 Å². The van der Waals surface area contributed by atoms with Gasteiger partial charge in [0.05, 0.1) is 5.56 Å². The molecule has 224 valence electrons. The van der Waals surface area contributed by atoms with Crippen LogP contribution in [-0.2, 0) is 0 Å². The van der Waals surface area contributed by atoms with E-state index >= 15 is 0 Å². The fourth-order valence-corrected chi connectivity index (χ4v) is 6.86. The number of hydrogen-bond donors (Lipinski definition) is 0. The van der Waals surface area contributed by atoms with Gasteiger partial charge in [-0.15, -0.1) is 0 Å². The van der Waals surface area contributed by atoms with E-state index in [1.54, 1.807) is 0 Å². The maximum Gasteiger partial charge on any atom is 0.167 e. The van der Waals surface area contributed by atoms with Gasteiger partial charge in [-0.05, 0) is 46.8 Å². The highest BCUT2D eigenvalue weighted by molar-refractivity contribution is 6.19. The van der Waals surface area contributed by atoms with Gasteiger partial charge < -0.3 is 8.83 Å². The van der Waals surface area contributed by atoms with Gasteiger partial charge in [0.1, 0.15) is 22.3 Å². The highest BCUT2D eigenvalue weighted by atomic mass is 16.3. The zero-order chi connectivity index (χ0) is 31.6. The lowest BCUT2D eigenvalue weighted by Crippen LogP contribution is -2.00. The predicted octanol–water partition coefficient (Wildman–Crippen LogP) is 11.5. The van der Waals surface area contributed by atoms with Crippen molar-refractivity contribution in [1.29, 1.82) is 0 Å². The number of nitrogens with zero attached hydrogens (tertiary/aromatic N) is 3. The molecule has 0 saturated heterocycles. The van der Waals surface area contributed by atoms with Crippen LogP contribution in [0, 0.1) is 0 Å². The standard InChI is InChI=1S/C43H25N3O2/c1-3-12-26(13-4-1)35-25-36-31-23-22-28(24-38(31)48-40(36)32-18-8-7-16-29(32)35)42-44-41(27-14-5-2-6-15-27)45-43(46-42)34-20-11-19-33-30-17-9-10-21-37(30)47-39(33)34/h1-25H. The van der Waals surface area contributed by atoms with Crippen LogP contribution >= 0.6 is 0 Å². The molecule has 5 nitrogen and oxygen atoms in total. The summed E-state index contributed by atoms with van der Waals surface area (Å²) in [5.74, 6) is 1.70. The number of rotatable bonds is 4. The first-order valence-electron chi connectivity index (χ1n) is 15.9. The number of hydrogen-bond acceptors (Lipinski definition) is 5. The highest BCUT2D eigenvalue weighted by Crippen LogP contribution is 2.41. The number of fused-ring (bicyclic) bond motifs is 8. The Labute approximate surface area is 274 Å². The van der Waals surface area contributed by atoms with Crippen LogP contribution in [0.3, 0.4) is 0 Å². The van der Waals surface area contributed by atoms with Crippen molar-refractivity contribution in [2.45, 2.75) is 0 Å². The molecule has 0 spiro atoms. The Balaban J connectivity index is 1.19. The van der Waals surface area contributed by atoms with Gasteiger partial charge in [0.15, 0.2) is 17.5 Å². The largest absolute Gasteiger partial charge is 0.455 e. The van der Waals surface area contributed by atoms with Crippen LogP contribution in [0.25, 0.3) is 99.9 Å². The Bertz CT molecular complexity index is 2840. The minimum Gasteiger partial charge on any atom is -0.455 e. The molecular weight excluding hydrogens is 590 g/mol. The zero-order valence-electron chi connectivity index (χ0n) is 25.6. The summed E-state index contributed by atoms with van der Waals surface area (Å²) in [6, 6.07) is 51.6. The molecule has 0 saturated carbocycles. The molecule has 0 aliphatic carbocycles. The van der Waals surface area contributed by atoms with Crippen LogP contribution in [0.2, 0.25) is 0 Å². The summed E-state index contributed by atoms with van der Waals surface area (Å²) in [6.45, 7) is 0. The molecule has 3 heterocycles. The number of benzene rings is 7. The average Bonchev–Trinajstić information content (AvgIpc) is 3.73. The minimum atomic E-state index is 0.548. The van der Waals surface area contributed by atoms with Crippen LogP contribution in [-0.4, -0.2) is 15.0 Å². The van der Waals surface area contributed by atoms with Crippen molar-refractivity contribution in [3.05, 3.63) is 152 Å².